The number of rotatable bonds is 11. The van der Waals surface area contributed by atoms with Gasteiger partial charge in [0.15, 0.2) is 0 Å². The van der Waals surface area contributed by atoms with Gasteiger partial charge in [0, 0.05) is 12.1 Å². The molecule has 2 aromatic rings. The molecule has 0 saturated carbocycles. The highest BCUT2D eigenvalue weighted by molar-refractivity contribution is 6.46. The zero-order chi connectivity index (χ0) is 25.5. The molecule has 0 aliphatic carbocycles. The number of carbonyl (C=O) groups is 2. The standard InChI is InChI=1S/C28H36N2O5/c1-6-34-22-13-11-20(12-14-22)26(31)24-25(21-9-7-10-23(17-21)35-18-19(2)3)30(28(33)27(24)32)16-8-15-29(4)5/h7,9-14,17,19,25,31H,6,8,15-16,18H2,1-5H3/b26-24-. The zero-order valence-corrected chi connectivity index (χ0v) is 21.3. The Morgan fingerprint density at radius 1 is 1.06 bits per heavy atom. The van der Waals surface area contributed by atoms with Crippen molar-refractivity contribution in [1.29, 1.82) is 0 Å². The van der Waals surface area contributed by atoms with Gasteiger partial charge in [-0.15, -0.1) is 0 Å². The van der Waals surface area contributed by atoms with Gasteiger partial charge in [-0.3, -0.25) is 9.59 Å². The molecule has 188 valence electrons. The van der Waals surface area contributed by atoms with Crippen LogP contribution < -0.4 is 9.47 Å². The van der Waals surface area contributed by atoms with E-state index in [2.05, 4.69) is 13.8 Å². The fraction of sp³-hybridized carbons (Fsp3) is 0.429. The van der Waals surface area contributed by atoms with E-state index in [1.165, 1.54) is 0 Å². The second-order valence-corrected chi connectivity index (χ2v) is 9.38. The number of nitrogens with zero attached hydrogens (tertiary/aromatic N) is 2. The van der Waals surface area contributed by atoms with Gasteiger partial charge in [-0.05, 0) is 81.9 Å². The summed E-state index contributed by atoms with van der Waals surface area (Å²) >= 11 is 0. The normalized spacial score (nSPS) is 17.5. The zero-order valence-electron chi connectivity index (χ0n) is 21.3. The quantitative estimate of drug-likeness (QED) is 0.290. The van der Waals surface area contributed by atoms with Gasteiger partial charge in [0.25, 0.3) is 11.7 Å². The lowest BCUT2D eigenvalue weighted by Gasteiger charge is -2.26. The summed E-state index contributed by atoms with van der Waals surface area (Å²) in [6, 6.07) is 13.6. The third-order valence-corrected chi connectivity index (χ3v) is 5.74. The number of carbonyl (C=O) groups excluding carboxylic acids is 2. The van der Waals surface area contributed by atoms with E-state index < -0.39 is 17.7 Å². The summed E-state index contributed by atoms with van der Waals surface area (Å²) in [5, 5.41) is 11.2. The van der Waals surface area contributed by atoms with E-state index in [4.69, 9.17) is 9.47 Å². The van der Waals surface area contributed by atoms with E-state index in [0.29, 0.717) is 49.2 Å². The number of aliphatic hydroxyl groups is 1. The molecular formula is C28H36N2O5. The summed E-state index contributed by atoms with van der Waals surface area (Å²) in [6.45, 7) is 8.28. The van der Waals surface area contributed by atoms with Crippen LogP contribution in [-0.2, 0) is 9.59 Å². The molecule has 35 heavy (non-hydrogen) atoms. The Labute approximate surface area is 207 Å². The molecule has 0 aromatic heterocycles. The fourth-order valence-electron chi connectivity index (χ4n) is 4.08. The first-order chi connectivity index (χ1) is 16.7. The minimum absolute atomic E-state index is 0.0880. The third kappa shape index (κ3) is 6.42. The minimum atomic E-state index is -0.702. The van der Waals surface area contributed by atoms with Crippen molar-refractivity contribution in [3.63, 3.8) is 0 Å². The first-order valence-corrected chi connectivity index (χ1v) is 12.1. The summed E-state index contributed by atoms with van der Waals surface area (Å²) in [5.74, 6) is 0.209. The smallest absolute Gasteiger partial charge is 0.295 e. The van der Waals surface area contributed by atoms with Crippen molar-refractivity contribution in [2.45, 2.75) is 33.2 Å². The lowest BCUT2D eigenvalue weighted by molar-refractivity contribution is -0.139. The van der Waals surface area contributed by atoms with Crippen molar-refractivity contribution in [2.75, 3.05) is 40.4 Å². The highest BCUT2D eigenvalue weighted by Crippen LogP contribution is 2.40. The average molecular weight is 481 g/mol. The predicted molar refractivity (Wildman–Crippen MR) is 137 cm³/mol. The van der Waals surface area contributed by atoms with Crippen LogP contribution in [0, 0.1) is 5.92 Å². The van der Waals surface area contributed by atoms with E-state index in [9.17, 15) is 14.7 Å². The SMILES string of the molecule is CCOc1ccc(/C(O)=C2/C(=O)C(=O)N(CCCN(C)C)C2c2cccc(OCC(C)C)c2)cc1. The topological polar surface area (TPSA) is 79.3 Å². The van der Waals surface area contributed by atoms with Crippen LogP contribution in [0.5, 0.6) is 11.5 Å². The summed E-state index contributed by atoms with van der Waals surface area (Å²) in [5.41, 5.74) is 1.27. The molecule has 1 aliphatic heterocycles. The van der Waals surface area contributed by atoms with Crippen molar-refractivity contribution in [3.05, 3.63) is 65.2 Å². The van der Waals surface area contributed by atoms with E-state index in [1.54, 1.807) is 29.2 Å². The number of likely N-dealkylation sites (tertiary alicyclic amines) is 1. The molecule has 0 spiro atoms. The molecule has 2 aromatic carbocycles. The van der Waals surface area contributed by atoms with Gasteiger partial charge in [-0.1, -0.05) is 26.0 Å². The molecule has 1 N–H and O–H groups in total. The van der Waals surface area contributed by atoms with Crippen LogP contribution in [0.2, 0.25) is 0 Å². The molecule has 0 radical (unpaired) electrons. The molecule has 1 atom stereocenters. The number of ether oxygens (including phenoxy) is 2. The molecule has 0 bridgehead atoms. The van der Waals surface area contributed by atoms with Crippen LogP contribution in [0.1, 0.15) is 44.4 Å². The Morgan fingerprint density at radius 3 is 2.40 bits per heavy atom. The first kappa shape index (κ1) is 26.3. The largest absolute Gasteiger partial charge is 0.507 e. The highest BCUT2D eigenvalue weighted by Gasteiger charge is 2.45. The lowest BCUT2D eigenvalue weighted by Crippen LogP contribution is -2.32. The predicted octanol–water partition coefficient (Wildman–Crippen LogP) is 4.49. The molecule has 3 rings (SSSR count). The van der Waals surface area contributed by atoms with Gasteiger partial charge < -0.3 is 24.4 Å². The fourth-order valence-corrected chi connectivity index (χ4v) is 4.08. The van der Waals surface area contributed by atoms with Crippen molar-refractivity contribution >= 4 is 17.4 Å². The van der Waals surface area contributed by atoms with Crippen LogP contribution >= 0.6 is 0 Å². The van der Waals surface area contributed by atoms with Crippen molar-refractivity contribution in [2.24, 2.45) is 5.92 Å². The molecule has 1 amide bonds. The van der Waals surface area contributed by atoms with Crippen molar-refractivity contribution < 1.29 is 24.2 Å². The summed E-state index contributed by atoms with van der Waals surface area (Å²) in [4.78, 5) is 29.9. The number of hydrogen-bond acceptors (Lipinski definition) is 6. The second kappa shape index (κ2) is 11.9. The summed E-state index contributed by atoms with van der Waals surface area (Å²) in [6.07, 6.45) is 0.698. The second-order valence-electron chi connectivity index (χ2n) is 9.38. The molecule has 7 heteroatoms. The molecule has 1 aliphatic rings. The lowest BCUT2D eigenvalue weighted by atomic mass is 9.95. The number of amides is 1. The minimum Gasteiger partial charge on any atom is -0.507 e. The Balaban J connectivity index is 2.05. The average Bonchev–Trinajstić information content (AvgIpc) is 3.08. The number of ketones is 1. The maximum atomic E-state index is 13.2. The monoisotopic (exact) mass is 480 g/mol. The highest BCUT2D eigenvalue weighted by atomic mass is 16.5. The molecule has 1 heterocycles. The molecule has 1 unspecified atom stereocenters. The number of Topliss-reactive ketones (excluding diaryl/α,β-unsaturated/α-hetero) is 1. The Kier molecular flexibility index (Phi) is 8.93. The van der Waals surface area contributed by atoms with Gasteiger partial charge >= 0.3 is 0 Å². The number of hydrogen-bond donors (Lipinski definition) is 1. The van der Waals surface area contributed by atoms with Gasteiger partial charge in [0.05, 0.1) is 24.8 Å². The van der Waals surface area contributed by atoms with Crippen LogP contribution in [0.25, 0.3) is 5.76 Å². The Morgan fingerprint density at radius 2 is 1.77 bits per heavy atom. The van der Waals surface area contributed by atoms with E-state index >= 15 is 0 Å². The van der Waals surface area contributed by atoms with Gasteiger partial charge in [0.2, 0.25) is 0 Å². The van der Waals surface area contributed by atoms with Crippen LogP contribution in [0.3, 0.4) is 0 Å². The van der Waals surface area contributed by atoms with E-state index in [1.807, 2.05) is 50.2 Å². The number of benzene rings is 2. The third-order valence-electron chi connectivity index (χ3n) is 5.74. The molecule has 1 saturated heterocycles. The van der Waals surface area contributed by atoms with E-state index in [-0.39, 0.29) is 11.3 Å². The molecular weight excluding hydrogens is 444 g/mol. The molecule has 1 fully saturated rings. The molecule has 7 nitrogen and oxygen atoms in total. The first-order valence-electron chi connectivity index (χ1n) is 12.1. The maximum absolute atomic E-state index is 13.2. The van der Waals surface area contributed by atoms with Crippen LogP contribution in [0.15, 0.2) is 54.1 Å². The summed E-state index contributed by atoms with van der Waals surface area (Å²) in [7, 11) is 3.93. The summed E-state index contributed by atoms with van der Waals surface area (Å²) < 4.78 is 11.4. The Bertz CT molecular complexity index is 1060. The maximum Gasteiger partial charge on any atom is 0.295 e. The van der Waals surface area contributed by atoms with Crippen LogP contribution in [-0.4, -0.2) is 67.0 Å². The van der Waals surface area contributed by atoms with E-state index in [0.717, 1.165) is 12.1 Å². The van der Waals surface area contributed by atoms with Crippen LogP contribution in [0.4, 0.5) is 0 Å². The van der Waals surface area contributed by atoms with Gasteiger partial charge in [0.1, 0.15) is 17.3 Å². The Hall–Kier alpha value is -3.32. The van der Waals surface area contributed by atoms with Gasteiger partial charge in [-0.2, -0.15) is 0 Å². The van der Waals surface area contributed by atoms with Crippen molar-refractivity contribution in [3.8, 4) is 11.5 Å². The number of aliphatic hydroxyl groups excluding tert-OH is 1. The van der Waals surface area contributed by atoms with Crippen molar-refractivity contribution in [1.82, 2.24) is 9.80 Å². The van der Waals surface area contributed by atoms with Gasteiger partial charge in [-0.25, -0.2) is 0 Å².